The van der Waals surface area contributed by atoms with Gasteiger partial charge in [0.25, 0.3) is 0 Å². The highest BCUT2D eigenvalue weighted by Crippen LogP contribution is 2.31. The maximum Gasteiger partial charge on any atom is 0.223 e. The summed E-state index contributed by atoms with van der Waals surface area (Å²) in [5.74, 6) is 0.116. The molecular formula is C16H23FN2O. The van der Waals surface area contributed by atoms with Crippen LogP contribution in [0.25, 0.3) is 0 Å². The summed E-state index contributed by atoms with van der Waals surface area (Å²) in [7, 11) is 0. The van der Waals surface area contributed by atoms with Crippen molar-refractivity contribution in [1.29, 1.82) is 0 Å². The number of carbonyl (C=O) groups is 1. The smallest absolute Gasteiger partial charge is 0.223 e. The molecule has 20 heavy (non-hydrogen) atoms. The predicted molar refractivity (Wildman–Crippen MR) is 77.6 cm³/mol. The van der Waals surface area contributed by atoms with Crippen molar-refractivity contribution in [2.75, 3.05) is 6.54 Å². The zero-order valence-electron chi connectivity index (χ0n) is 12.2. The van der Waals surface area contributed by atoms with Gasteiger partial charge >= 0.3 is 0 Å². The number of aryl methyl sites for hydroxylation is 1. The molecule has 0 heterocycles. The number of amides is 1. The quantitative estimate of drug-likeness (QED) is 0.889. The maximum atomic E-state index is 13.6. The molecule has 1 aliphatic rings. The van der Waals surface area contributed by atoms with Crippen molar-refractivity contribution < 1.29 is 9.18 Å². The van der Waals surface area contributed by atoms with Crippen molar-refractivity contribution in [3.8, 4) is 0 Å². The minimum atomic E-state index is -0.232. The molecule has 1 unspecified atom stereocenters. The number of benzene rings is 1. The molecule has 0 aromatic heterocycles. The summed E-state index contributed by atoms with van der Waals surface area (Å²) in [6.45, 7) is 4.17. The molecule has 0 spiro atoms. The average Bonchev–Trinajstić information content (AvgIpc) is 2.90. The van der Waals surface area contributed by atoms with Gasteiger partial charge < -0.3 is 11.1 Å². The second-order valence-corrected chi connectivity index (χ2v) is 5.77. The Labute approximate surface area is 119 Å². The first-order valence-corrected chi connectivity index (χ1v) is 7.29. The fourth-order valence-electron chi connectivity index (χ4n) is 2.95. The zero-order chi connectivity index (χ0) is 14.7. The van der Waals surface area contributed by atoms with E-state index in [9.17, 15) is 9.18 Å². The van der Waals surface area contributed by atoms with Gasteiger partial charge in [-0.15, -0.1) is 0 Å². The van der Waals surface area contributed by atoms with Gasteiger partial charge in [-0.3, -0.25) is 4.79 Å². The minimum Gasteiger partial charge on any atom is -0.349 e. The van der Waals surface area contributed by atoms with Crippen LogP contribution < -0.4 is 11.1 Å². The van der Waals surface area contributed by atoms with Gasteiger partial charge in [-0.2, -0.15) is 0 Å². The molecule has 1 fully saturated rings. The number of hydrogen-bond acceptors (Lipinski definition) is 2. The molecular weight excluding hydrogens is 255 g/mol. The number of halogens is 1. The molecule has 3 N–H and O–H groups in total. The summed E-state index contributed by atoms with van der Waals surface area (Å²) in [5.41, 5.74) is 7.12. The monoisotopic (exact) mass is 278 g/mol. The van der Waals surface area contributed by atoms with Crippen LogP contribution in [0.1, 0.15) is 43.4 Å². The van der Waals surface area contributed by atoms with Crippen molar-refractivity contribution >= 4 is 5.91 Å². The van der Waals surface area contributed by atoms with E-state index >= 15 is 0 Å². The highest BCUT2D eigenvalue weighted by atomic mass is 19.1. The van der Waals surface area contributed by atoms with Gasteiger partial charge in [-0.25, -0.2) is 4.39 Å². The molecule has 1 aliphatic carbocycles. The third kappa shape index (κ3) is 3.18. The van der Waals surface area contributed by atoms with Crippen LogP contribution in [0.2, 0.25) is 0 Å². The van der Waals surface area contributed by atoms with Gasteiger partial charge in [0.15, 0.2) is 0 Å². The van der Waals surface area contributed by atoms with Gasteiger partial charge in [0.05, 0.1) is 6.04 Å². The molecule has 3 nitrogen and oxygen atoms in total. The lowest BCUT2D eigenvalue weighted by molar-refractivity contribution is -0.126. The van der Waals surface area contributed by atoms with E-state index in [0.29, 0.717) is 12.1 Å². The lowest BCUT2D eigenvalue weighted by atomic mass is 9.94. The molecule has 1 aromatic rings. The van der Waals surface area contributed by atoms with E-state index in [1.165, 1.54) is 6.07 Å². The van der Waals surface area contributed by atoms with Crippen LogP contribution in [0, 0.1) is 24.6 Å². The van der Waals surface area contributed by atoms with Crippen LogP contribution >= 0.6 is 0 Å². The molecule has 0 radical (unpaired) electrons. The van der Waals surface area contributed by atoms with Crippen LogP contribution in [-0.4, -0.2) is 12.5 Å². The highest BCUT2D eigenvalue weighted by Gasteiger charge is 2.32. The highest BCUT2D eigenvalue weighted by molar-refractivity contribution is 5.79. The molecule has 4 heteroatoms. The first-order valence-electron chi connectivity index (χ1n) is 7.29. The van der Waals surface area contributed by atoms with E-state index < -0.39 is 0 Å². The molecule has 1 amide bonds. The standard InChI is InChI=1S/C16H23FN2O/c1-10-6-7-12(8-15(10)17)11(2)19-16(20)14-5-3-4-13(14)9-18/h6-8,11,13-14H,3-5,9,18H2,1-2H3,(H,19,20)/t11?,13-,14-/m1/s1. The van der Waals surface area contributed by atoms with E-state index in [1.54, 1.807) is 13.0 Å². The van der Waals surface area contributed by atoms with Gasteiger partial charge in [0, 0.05) is 5.92 Å². The summed E-state index contributed by atoms with van der Waals surface area (Å²) in [5, 5.41) is 2.99. The number of nitrogens with one attached hydrogen (secondary N) is 1. The van der Waals surface area contributed by atoms with Crippen molar-refractivity contribution in [2.45, 2.75) is 39.2 Å². The summed E-state index contributed by atoms with van der Waals surface area (Å²) in [6.07, 6.45) is 3.00. The van der Waals surface area contributed by atoms with E-state index in [2.05, 4.69) is 5.32 Å². The Bertz CT molecular complexity index is 489. The Kier molecular flexibility index (Phi) is 4.76. The van der Waals surface area contributed by atoms with Crippen LogP contribution in [-0.2, 0) is 4.79 Å². The third-order valence-electron chi connectivity index (χ3n) is 4.35. The molecule has 1 saturated carbocycles. The molecule has 0 saturated heterocycles. The Morgan fingerprint density at radius 3 is 2.90 bits per heavy atom. The number of rotatable bonds is 4. The SMILES string of the molecule is Cc1ccc(C(C)NC(=O)[C@@H]2CCC[C@@H]2CN)cc1F. The topological polar surface area (TPSA) is 55.1 Å². The van der Waals surface area contributed by atoms with E-state index in [1.807, 2.05) is 13.0 Å². The lowest BCUT2D eigenvalue weighted by Gasteiger charge is -2.21. The zero-order valence-corrected chi connectivity index (χ0v) is 12.2. The minimum absolute atomic E-state index is 0.0118. The van der Waals surface area contributed by atoms with Crippen molar-refractivity contribution in [3.05, 3.63) is 35.1 Å². The first-order chi connectivity index (χ1) is 9.52. The van der Waals surface area contributed by atoms with Crippen LogP contribution in [0.3, 0.4) is 0 Å². The second kappa shape index (κ2) is 6.35. The van der Waals surface area contributed by atoms with Crippen molar-refractivity contribution in [2.24, 2.45) is 17.6 Å². The second-order valence-electron chi connectivity index (χ2n) is 5.77. The Morgan fingerprint density at radius 1 is 1.50 bits per heavy atom. The normalized spacial score (nSPS) is 23.6. The maximum absolute atomic E-state index is 13.6. The van der Waals surface area contributed by atoms with Crippen molar-refractivity contribution in [1.82, 2.24) is 5.32 Å². The Morgan fingerprint density at radius 2 is 2.25 bits per heavy atom. The van der Waals surface area contributed by atoms with Crippen LogP contribution in [0.5, 0.6) is 0 Å². The fraction of sp³-hybridized carbons (Fsp3) is 0.562. The summed E-state index contributed by atoms with van der Waals surface area (Å²) in [6, 6.07) is 4.91. The Hall–Kier alpha value is -1.42. The van der Waals surface area contributed by atoms with Gasteiger partial charge in [0.1, 0.15) is 5.82 Å². The third-order valence-corrected chi connectivity index (χ3v) is 4.35. The summed E-state index contributed by atoms with van der Waals surface area (Å²) in [4.78, 5) is 12.3. The number of hydrogen-bond donors (Lipinski definition) is 2. The Balaban J connectivity index is 2.01. The van der Waals surface area contributed by atoms with Gasteiger partial charge in [0.2, 0.25) is 5.91 Å². The molecule has 110 valence electrons. The van der Waals surface area contributed by atoms with Gasteiger partial charge in [-0.1, -0.05) is 18.6 Å². The number of carbonyl (C=O) groups excluding carboxylic acids is 1. The molecule has 2 rings (SSSR count). The summed E-state index contributed by atoms with van der Waals surface area (Å²) >= 11 is 0. The molecule has 1 aromatic carbocycles. The lowest BCUT2D eigenvalue weighted by Crippen LogP contribution is -2.36. The molecule has 0 bridgehead atoms. The van der Waals surface area contributed by atoms with Crippen molar-refractivity contribution in [3.63, 3.8) is 0 Å². The fourth-order valence-corrected chi connectivity index (χ4v) is 2.95. The first kappa shape index (κ1) is 15.0. The van der Waals surface area contributed by atoms with Crippen LogP contribution in [0.15, 0.2) is 18.2 Å². The van der Waals surface area contributed by atoms with E-state index in [-0.39, 0.29) is 29.6 Å². The summed E-state index contributed by atoms with van der Waals surface area (Å²) < 4.78 is 13.6. The molecule has 3 atom stereocenters. The molecule has 0 aliphatic heterocycles. The van der Waals surface area contributed by atoms with Crippen LogP contribution in [0.4, 0.5) is 4.39 Å². The van der Waals surface area contributed by atoms with E-state index in [4.69, 9.17) is 5.73 Å². The van der Waals surface area contributed by atoms with E-state index in [0.717, 1.165) is 24.8 Å². The van der Waals surface area contributed by atoms with Gasteiger partial charge in [-0.05, 0) is 56.3 Å². The predicted octanol–water partition coefficient (Wildman–Crippen LogP) is 2.69. The number of nitrogens with two attached hydrogens (primary N) is 1. The average molecular weight is 278 g/mol. The largest absolute Gasteiger partial charge is 0.349 e.